The van der Waals surface area contributed by atoms with Crippen molar-refractivity contribution in [2.45, 2.75) is 83.5 Å². The molecule has 2 heteroatoms. The second-order valence-corrected chi connectivity index (χ2v) is 11.0. The van der Waals surface area contributed by atoms with Crippen LogP contribution in [0.5, 0.6) is 0 Å². The molecular weight excluding hydrogens is 372 g/mol. The minimum absolute atomic E-state index is 0.276. The molecule has 1 aromatic carbocycles. The number of benzene rings is 1. The molecule has 0 spiro atoms. The summed E-state index contributed by atoms with van der Waals surface area (Å²) in [5.41, 5.74) is 6.28. The zero-order chi connectivity index (χ0) is 20.8. The molecule has 1 aromatic rings. The number of rotatable bonds is 1. The van der Waals surface area contributed by atoms with E-state index in [4.69, 9.17) is 0 Å². The summed E-state index contributed by atoms with van der Waals surface area (Å²) in [6.45, 7) is 9.88. The molecule has 0 heterocycles. The molecule has 4 rings (SSSR count). The van der Waals surface area contributed by atoms with Crippen LogP contribution in [0.25, 0.3) is 0 Å². The van der Waals surface area contributed by atoms with Crippen molar-refractivity contribution in [3.8, 4) is 0 Å². The van der Waals surface area contributed by atoms with Crippen LogP contribution in [0.2, 0.25) is 0 Å². The Labute approximate surface area is 182 Å². The van der Waals surface area contributed by atoms with Gasteiger partial charge in [-0.25, -0.2) is 0 Å². The molecule has 0 radical (unpaired) electrons. The molecule has 0 aromatic heterocycles. The van der Waals surface area contributed by atoms with Gasteiger partial charge >= 0.3 is 0 Å². The number of hydrogen-bond acceptors (Lipinski definition) is 2. The number of hydrogen-bond donors (Lipinski definition) is 1. The summed E-state index contributed by atoms with van der Waals surface area (Å²) in [4.78, 5) is 13.2. The van der Waals surface area contributed by atoms with Crippen molar-refractivity contribution >= 4 is 18.4 Å². The molecule has 1 nitrogen and oxygen atoms in total. The molecule has 1 saturated carbocycles. The number of carbonyl (C=O) groups excluding carboxylic acids is 1. The van der Waals surface area contributed by atoms with Gasteiger partial charge in [0.2, 0.25) is 0 Å². The second-order valence-electron chi connectivity index (χ2n) is 10.5. The first-order valence-corrected chi connectivity index (χ1v) is 12.0. The molecule has 1 fully saturated rings. The smallest absolute Gasteiger partial charge is 0.156 e. The fraction of sp³-hybridized carbons (Fsp3) is 0.593. The topological polar surface area (TPSA) is 17.1 Å². The van der Waals surface area contributed by atoms with Crippen LogP contribution in [0, 0.1) is 23.2 Å². The number of allylic oxidation sites excluding steroid dienone is 4. The van der Waals surface area contributed by atoms with Crippen LogP contribution in [0.3, 0.4) is 0 Å². The average molecular weight is 409 g/mol. The van der Waals surface area contributed by atoms with Gasteiger partial charge in [-0.2, -0.15) is 0 Å². The molecule has 0 amide bonds. The first-order chi connectivity index (χ1) is 13.8. The van der Waals surface area contributed by atoms with E-state index in [1.54, 1.807) is 11.1 Å². The summed E-state index contributed by atoms with van der Waals surface area (Å²) in [5, 5.41) is 0. The van der Waals surface area contributed by atoms with Crippen molar-refractivity contribution in [2.75, 3.05) is 0 Å². The standard InChI is InChI=1S/C27H36OS/c1-17-5-6-20-7-8-21-15-22(28)11-14-24(21)26(20)25(16-27(3,4)18(17)2)19-9-12-23(29)13-10-19/h9-10,12-13,15,17-18,20,25,29H,5-8,11,14,16H2,1-4H3. The van der Waals surface area contributed by atoms with E-state index < -0.39 is 0 Å². The zero-order valence-corrected chi connectivity index (χ0v) is 19.4. The monoisotopic (exact) mass is 408 g/mol. The first-order valence-electron chi connectivity index (χ1n) is 11.5. The molecule has 29 heavy (non-hydrogen) atoms. The highest BCUT2D eigenvalue weighted by Crippen LogP contribution is 2.53. The molecule has 3 aliphatic rings. The third kappa shape index (κ3) is 4.15. The number of carbonyl (C=O) groups is 1. The Morgan fingerprint density at radius 2 is 1.69 bits per heavy atom. The van der Waals surface area contributed by atoms with Crippen LogP contribution in [0.15, 0.2) is 52.0 Å². The van der Waals surface area contributed by atoms with Crippen molar-refractivity contribution in [3.05, 3.63) is 52.6 Å². The van der Waals surface area contributed by atoms with E-state index >= 15 is 0 Å². The van der Waals surface area contributed by atoms with Crippen molar-refractivity contribution in [2.24, 2.45) is 23.2 Å². The van der Waals surface area contributed by atoms with Gasteiger partial charge in [0.1, 0.15) is 0 Å². The number of thiol groups is 1. The van der Waals surface area contributed by atoms with Crippen LogP contribution in [-0.4, -0.2) is 5.78 Å². The largest absolute Gasteiger partial charge is 0.295 e. The van der Waals surface area contributed by atoms with Crippen molar-refractivity contribution in [1.82, 2.24) is 0 Å². The molecule has 0 aliphatic heterocycles. The van der Waals surface area contributed by atoms with Crippen LogP contribution >= 0.6 is 12.6 Å². The van der Waals surface area contributed by atoms with E-state index in [0.29, 0.717) is 30.0 Å². The lowest BCUT2D eigenvalue weighted by Gasteiger charge is -2.40. The van der Waals surface area contributed by atoms with Gasteiger partial charge in [0.05, 0.1) is 0 Å². The highest BCUT2D eigenvalue weighted by molar-refractivity contribution is 7.80. The number of fused-ring (bicyclic) bond motifs is 2. The quantitative estimate of drug-likeness (QED) is 0.475. The highest BCUT2D eigenvalue weighted by Gasteiger charge is 2.40. The van der Waals surface area contributed by atoms with E-state index in [1.807, 2.05) is 6.08 Å². The SMILES string of the molecule is CC1CCC2CCC3=CC(=O)CCC3=C2C(c2ccc(S)cc2)CC(C)(C)C1C. The lowest BCUT2D eigenvalue weighted by atomic mass is 9.64. The zero-order valence-electron chi connectivity index (χ0n) is 18.5. The molecular formula is C27H36OS. The maximum Gasteiger partial charge on any atom is 0.156 e. The summed E-state index contributed by atoms with van der Waals surface area (Å²) in [5.74, 6) is 2.88. The predicted molar refractivity (Wildman–Crippen MR) is 124 cm³/mol. The van der Waals surface area contributed by atoms with E-state index in [-0.39, 0.29) is 5.41 Å². The second kappa shape index (κ2) is 8.10. The summed E-state index contributed by atoms with van der Waals surface area (Å²) in [7, 11) is 0. The van der Waals surface area contributed by atoms with E-state index in [0.717, 1.165) is 23.7 Å². The Kier molecular flexibility index (Phi) is 5.86. The van der Waals surface area contributed by atoms with Crippen LogP contribution in [0.1, 0.15) is 84.1 Å². The Balaban J connectivity index is 1.88. The molecule has 3 aliphatic carbocycles. The van der Waals surface area contributed by atoms with Gasteiger partial charge in [0.15, 0.2) is 5.78 Å². The van der Waals surface area contributed by atoms with Crippen molar-refractivity contribution in [1.29, 1.82) is 0 Å². The van der Waals surface area contributed by atoms with E-state index in [9.17, 15) is 4.79 Å². The molecule has 4 unspecified atom stereocenters. The number of ketones is 1. The molecule has 4 atom stereocenters. The summed E-state index contributed by atoms with van der Waals surface area (Å²) in [6.07, 6.45) is 9.69. The van der Waals surface area contributed by atoms with Gasteiger partial charge in [-0.15, -0.1) is 12.6 Å². The van der Waals surface area contributed by atoms with E-state index in [1.165, 1.54) is 36.8 Å². The van der Waals surface area contributed by atoms with Gasteiger partial charge in [0, 0.05) is 17.2 Å². The van der Waals surface area contributed by atoms with Gasteiger partial charge in [-0.3, -0.25) is 4.79 Å². The Hall–Kier alpha value is -1.28. The Morgan fingerprint density at radius 3 is 2.41 bits per heavy atom. The average Bonchev–Trinajstić information content (AvgIpc) is 2.72. The van der Waals surface area contributed by atoms with Gasteiger partial charge in [-0.05, 0) is 96.6 Å². The normalized spacial score (nSPS) is 32.4. The van der Waals surface area contributed by atoms with Crippen LogP contribution in [-0.2, 0) is 4.79 Å². The summed E-state index contributed by atoms with van der Waals surface area (Å²) in [6, 6.07) is 8.89. The van der Waals surface area contributed by atoms with Crippen molar-refractivity contribution in [3.63, 3.8) is 0 Å². The van der Waals surface area contributed by atoms with Crippen LogP contribution < -0.4 is 0 Å². The molecule has 156 valence electrons. The maximum absolute atomic E-state index is 12.1. The first kappa shape index (κ1) is 21.0. The Bertz CT molecular complexity index is 842. The molecule has 0 N–H and O–H groups in total. The fourth-order valence-corrected chi connectivity index (χ4v) is 6.30. The molecule has 0 saturated heterocycles. The lowest BCUT2D eigenvalue weighted by molar-refractivity contribution is -0.114. The summed E-state index contributed by atoms with van der Waals surface area (Å²) >= 11 is 4.53. The van der Waals surface area contributed by atoms with Gasteiger partial charge < -0.3 is 0 Å². The Morgan fingerprint density at radius 1 is 0.966 bits per heavy atom. The predicted octanol–water partition coefficient (Wildman–Crippen LogP) is 7.54. The fourth-order valence-electron chi connectivity index (χ4n) is 6.15. The minimum atomic E-state index is 0.276. The van der Waals surface area contributed by atoms with Crippen LogP contribution in [0.4, 0.5) is 0 Å². The minimum Gasteiger partial charge on any atom is -0.295 e. The van der Waals surface area contributed by atoms with E-state index in [2.05, 4.69) is 64.6 Å². The van der Waals surface area contributed by atoms with Crippen molar-refractivity contribution < 1.29 is 4.79 Å². The summed E-state index contributed by atoms with van der Waals surface area (Å²) < 4.78 is 0. The maximum atomic E-state index is 12.1. The third-order valence-corrected chi connectivity index (χ3v) is 8.65. The molecule has 0 bridgehead atoms. The third-order valence-electron chi connectivity index (χ3n) is 8.35. The highest BCUT2D eigenvalue weighted by atomic mass is 32.1. The van der Waals surface area contributed by atoms with Gasteiger partial charge in [0.25, 0.3) is 0 Å². The van der Waals surface area contributed by atoms with Gasteiger partial charge in [-0.1, -0.05) is 45.4 Å². The lowest BCUT2D eigenvalue weighted by Crippen LogP contribution is -2.29.